The van der Waals surface area contributed by atoms with Crippen molar-refractivity contribution in [2.24, 2.45) is 5.73 Å². The molecule has 0 fully saturated rings. The molecule has 0 aliphatic rings. The number of carbonyl (C=O) groups is 1. The van der Waals surface area contributed by atoms with Gasteiger partial charge in [-0.3, -0.25) is 4.79 Å². The predicted octanol–water partition coefficient (Wildman–Crippen LogP) is 0.404. The molecule has 0 radical (unpaired) electrons. The second-order valence-electron chi connectivity index (χ2n) is 2.28. The number of rotatable bonds is 4. The summed E-state index contributed by atoms with van der Waals surface area (Å²) in [5, 5.41) is 2.10. The molecule has 0 saturated carbocycles. The van der Waals surface area contributed by atoms with E-state index in [2.05, 4.69) is 5.32 Å². The normalized spacial score (nSPS) is 11.3. The predicted molar refractivity (Wildman–Crippen MR) is 37.4 cm³/mol. The van der Waals surface area contributed by atoms with E-state index in [0.29, 0.717) is 13.0 Å². The van der Waals surface area contributed by atoms with Crippen molar-refractivity contribution in [3.63, 3.8) is 0 Å². The van der Waals surface area contributed by atoms with Gasteiger partial charge in [0, 0.05) is 6.54 Å². The Morgan fingerprint density at radius 3 is 2.42 bits per heavy atom. The van der Waals surface area contributed by atoms with Crippen LogP contribution in [0.1, 0.15) is 12.8 Å². The third-order valence-corrected chi connectivity index (χ3v) is 1.06. The summed E-state index contributed by atoms with van der Waals surface area (Å²) in [6, 6.07) is 0. The number of carbonyl (C=O) groups excluding carboxylic acids is 1. The summed E-state index contributed by atoms with van der Waals surface area (Å²) in [7, 11) is 0. The van der Waals surface area contributed by atoms with Crippen LogP contribution in [0.4, 0.5) is 13.2 Å². The van der Waals surface area contributed by atoms with Crippen molar-refractivity contribution >= 4 is 5.91 Å². The van der Waals surface area contributed by atoms with E-state index in [1.165, 1.54) is 0 Å². The van der Waals surface area contributed by atoms with Crippen molar-refractivity contribution in [1.82, 2.24) is 5.32 Å². The van der Waals surface area contributed by atoms with Crippen molar-refractivity contribution < 1.29 is 18.0 Å². The second-order valence-corrected chi connectivity index (χ2v) is 2.28. The number of amides is 1. The maximum absolute atomic E-state index is 11.5. The molecule has 0 aromatic rings. The van der Waals surface area contributed by atoms with E-state index < -0.39 is 18.5 Å². The molecule has 6 heteroatoms. The summed E-state index contributed by atoms with van der Waals surface area (Å²) in [6.07, 6.45) is -5.35. The lowest BCUT2D eigenvalue weighted by Crippen LogP contribution is -2.30. The van der Waals surface area contributed by atoms with Gasteiger partial charge in [-0.1, -0.05) is 0 Å². The first-order valence-electron chi connectivity index (χ1n) is 3.49. The molecule has 0 aromatic heterocycles. The topological polar surface area (TPSA) is 55.1 Å². The van der Waals surface area contributed by atoms with Gasteiger partial charge in [0.1, 0.15) is 6.42 Å². The van der Waals surface area contributed by atoms with Gasteiger partial charge in [-0.25, -0.2) is 0 Å². The zero-order valence-corrected chi connectivity index (χ0v) is 6.45. The highest BCUT2D eigenvalue weighted by Crippen LogP contribution is 2.18. The van der Waals surface area contributed by atoms with E-state index in [4.69, 9.17) is 5.73 Å². The van der Waals surface area contributed by atoms with E-state index in [9.17, 15) is 18.0 Å². The molecule has 1 amide bonds. The molecule has 72 valence electrons. The smallest absolute Gasteiger partial charge is 0.356 e. The fraction of sp³-hybridized carbons (Fsp3) is 0.833. The summed E-state index contributed by atoms with van der Waals surface area (Å²) >= 11 is 0. The second kappa shape index (κ2) is 4.97. The number of halogens is 3. The van der Waals surface area contributed by atoms with E-state index in [-0.39, 0.29) is 6.54 Å². The van der Waals surface area contributed by atoms with E-state index in [1.807, 2.05) is 0 Å². The van der Waals surface area contributed by atoms with Crippen LogP contribution in [-0.4, -0.2) is 25.2 Å². The minimum Gasteiger partial charge on any atom is -0.356 e. The van der Waals surface area contributed by atoms with E-state index in [0.717, 1.165) is 0 Å². The summed E-state index contributed by atoms with van der Waals surface area (Å²) in [5.41, 5.74) is 5.07. The standard InChI is InChI=1S/C6H11F3N2O/c7-6(8,9)4-5(12)11-3-1-2-10/h1-4,10H2,(H,11,12). The Kier molecular flexibility index (Phi) is 4.65. The van der Waals surface area contributed by atoms with E-state index >= 15 is 0 Å². The molecule has 3 N–H and O–H groups in total. The molecular formula is C6H11F3N2O. The zero-order chi connectivity index (χ0) is 9.61. The Morgan fingerprint density at radius 1 is 1.42 bits per heavy atom. The van der Waals surface area contributed by atoms with Crippen LogP contribution in [0.5, 0.6) is 0 Å². The molecular weight excluding hydrogens is 173 g/mol. The molecule has 3 nitrogen and oxygen atoms in total. The SMILES string of the molecule is NCCCNC(=O)CC(F)(F)F. The lowest BCUT2D eigenvalue weighted by atomic mass is 10.3. The third-order valence-electron chi connectivity index (χ3n) is 1.06. The number of nitrogens with one attached hydrogen (secondary N) is 1. The average molecular weight is 184 g/mol. The Balaban J connectivity index is 3.47. The van der Waals surface area contributed by atoms with E-state index in [1.54, 1.807) is 0 Å². The van der Waals surface area contributed by atoms with Crippen LogP contribution < -0.4 is 11.1 Å². The lowest BCUT2D eigenvalue weighted by Gasteiger charge is -2.06. The zero-order valence-electron chi connectivity index (χ0n) is 6.45. The first kappa shape index (κ1) is 11.2. The average Bonchev–Trinajstić information content (AvgIpc) is 1.84. The van der Waals surface area contributed by atoms with Crippen LogP contribution in [-0.2, 0) is 4.79 Å². The monoisotopic (exact) mass is 184 g/mol. The highest BCUT2D eigenvalue weighted by atomic mass is 19.4. The van der Waals surface area contributed by atoms with Gasteiger partial charge in [0.05, 0.1) is 0 Å². The van der Waals surface area contributed by atoms with Crippen molar-refractivity contribution in [3.8, 4) is 0 Å². The van der Waals surface area contributed by atoms with Gasteiger partial charge < -0.3 is 11.1 Å². The van der Waals surface area contributed by atoms with Gasteiger partial charge in [-0.15, -0.1) is 0 Å². The molecule has 0 heterocycles. The van der Waals surface area contributed by atoms with Crippen molar-refractivity contribution in [1.29, 1.82) is 0 Å². The van der Waals surface area contributed by atoms with Gasteiger partial charge in [0.2, 0.25) is 5.91 Å². The first-order chi connectivity index (χ1) is 5.45. The Labute approximate surface area is 68.1 Å². The Bertz CT molecular complexity index is 146. The lowest BCUT2D eigenvalue weighted by molar-refractivity contribution is -0.153. The van der Waals surface area contributed by atoms with Crippen molar-refractivity contribution in [2.45, 2.75) is 19.0 Å². The van der Waals surface area contributed by atoms with Gasteiger partial charge in [-0.2, -0.15) is 13.2 Å². The fourth-order valence-corrected chi connectivity index (χ4v) is 0.574. The van der Waals surface area contributed by atoms with Crippen LogP contribution in [0.15, 0.2) is 0 Å². The number of nitrogens with two attached hydrogens (primary N) is 1. The van der Waals surface area contributed by atoms with Gasteiger partial charge in [0.15, 0.2) is 0 Å². The third kappa shape index (κ3) is 7.33. The molecule has 0 rings (SSSR count). The molecule has 0 aromatic carbocycles. The highest BCUT2D eigenvalue weighted by Gasteiger charge is 2.30. The van der Waals surface area contributed by atoms with Crippen LogP contribution in [0.3, 0.4) is 0 Å². The summed E-state index contributed by atoms with van der Waals surface area (Å²) < 4.78 is 34.6. The maximum atomic E-state index is 11.5. The van der Waals surface area contributed by atoms with Crippen molar-refractivity contribution in [3.05, 3.63) is 0 Å². The first-order valence-corrected chi connectivity index (χ1v) is 3.49. The van der Waals surface area contributed by atoms with Gasteiger partial charge in [-0.05, 0) is 13.0 Å². The molecule has 0 saturated heterocycles. The Hall–Kier alpha value is -0.780. The molecule has 0 bridgehead atoms. The highest BCUT2D eigenvalue weighted by molar-refractivity contribution is 5.76. The summed E-state index contributed by atoms with van der Waals surface area (Å²) in [4.78, 5) is 10.5. The molecule has 0 aliphatic carbocycles. The number of alkyl halides is 3. The number of hydrogen-bond acceptors (Lipinski definition) is 2. The molecule has 0 spiro atoms. The van der Waals surface area contributed by atoms with Crippen LogP contribution >= 0.6 is 0 Å². The quantitative estimate of drug-likeness (QED) is 0.621. The molecule has 0 aliphatic heterocycles. The van der Waals surface area contributed by atoms with Crippen LogP contribution in [0.25, 0.3) is 0 Å². The fourth-order valence-electron chi connectivity index (χ4n) is 0.574. The van der Waals surface area contributed by atoms with Gasteiger partial charge in [0.25, 0.3) is 0 Å². The Morgan fingerprint density at radius 2 is 2.00 bits per heavy atom. The molecule has 0 atom stereocenters. The minimum atomic E-state index is -4.42. The minimum absolute atomic E-state index is 0.200. The van der Waals surface area contributed by atoms with Crippen LogP contribution in [0, 0.1) is 0 Å². The number of hydrogen-bond donors (Lipinski definition) is 2. The molecule has 0 unspecified atom stereocenters. The maximum Gasteiger partial charge on any atom is 0.397 e. The van der Waals surface area contributed by atoms with Crippen molar-refractivity contribution in [2.75, 3.05) is 13.1 Å². The molecule has 12 heavy (non-hydrogen) atoms. The summed E-state index contributed by atoms with van der Waals surface area (Å²) in [6.45, 7) is 0.553. The van der Waals surface area contributed by atoms with Crippen LogP contribution in [0.2, 0.25) is 0 Å². The summed E-state index contributed by atoms with van der Waals surface area (Å²) in [5.74, 6) is -1.00. The largest absolute Gasteiger partial charge is 0.397 e. The van der Waals surface area contributed by atoms with Gasteiger partial charge >= 0.3 is 6.18 Å².